The predicted octanol–water partition coefficient (Wildman–Crippen LogP) is 1.98. The summed E-state index contributed by atoms with van der Waals surface area (Å²) in [7, 11) is 2.14. The van der Waals surface area contributed by atoms with Crippen LogP contribution in [0.3, 0.4) is 0 Å². The van der Waals surface area contributed by atoms with Gasteiger partial charge >= 0.3 is 0 Å². The SMILES string of the molecule is CN1CCN(c2ccc(CNc3ncccc3F)cn2)CC1. The van der Waals surface area contributed by atoms with Crippen LogP contribution in [0, 0.1) is 5.82 Å². The Labute approximate surface area is 129 Å². The van der Waals surface area contributed by atoms with Crippen LogP contribution >= 0.6 is 0 Å². The van der Waals surface area contributed by atoms with Crippen molar-refractivity contribution < 1.29 is 4.39 Å². The molecule has 6 heteroatoms. The van der Waals surface area contributed by atoms with E-state index in [0.717, 1.165) is 37.6 Å². The van der Waals surface area contributed by atoms with Crippen LogP contribution in [0.15, 0.2) is 36.7 Å². The van der Waals surface area contributed by atoms with E-state index < -0.39 is 0 Å². The third-order valence-corrected chi connectivity index (χ3v) is 3.85. The summed E-state index contributed by atoms with van der Waals surface area (Å²) in [6.07, 6.45) is 3.40. The summed E-state index contributed by atoms with van der Waals surface area (Å²) in [6, 6.07) is 7.02. The van der Waals surface area contributed by atoms with Crippen LogP contribution in [-0.4, -0.2) is 48.1 Å². The Morgan fingerprint density at radius 3 is 2.64 bits per heavy atom. The lowest BCUT2D eigenvalue weighted by Crippen LogP contribution is -2.44. The highest BCUT2D eigenvalue weighted by molar-refractivity contribution is 5.41. The van der Waals surface area contributed by atoms with Crippen molar-refractivity contribution in [3.63, 3.8) is 0 Å². The molecule has 0 aromatic carbocycles. The predicted molar refractivity (Wildman–Crippen MR) is 85.5 cm³/mol. The quantitative estimate of drug-likeness (QED) is 0.935. The third-order valence-electron chi connectivity index (χ3n) is 3.85. The highest BCUT2D eigenvalue weighted by Crippen LogP contribution is 2.15. The van der Waals surface area contributed by atoms with Crippen LogP contribution < -0.4 is 10.2 Å². The molecule has 0 spiro atoms. The molecule has 1 aliphatic heterocycles. The van der Waals surface area contributed by atoms with Crippen molar-refractivity contribution >= 4 is 11.6 Å². The molecular formula is C16H20FN5. The second-order valence-electron chi connectivity index (χ2n) is 5.50. The van der Waals surface area contributed by atoms with Gasteiger partial charge < -0.3 is 15.1 Å². The highest BCUT2D eigenvalue weighted by Gasteiger charge is 2.14. The largest absolute Gasteiger partial charge is 0.364 e. The summed E-state index contributed by atoms with van der Waals surface area (Å²) in [5.41, 5.74) is 1.00. The van der Waals surface area contributed by atoms with E-state index in [1.807, 2.05) is 18.3 Å². The van der Waals surface area contributed by atoms with Crippen molar-refractivity contribution in [2.75, 3.05) is 43.4 Å². The number of anilines is 2. The van der Waals surface area contributed by atoms with Gasteiger partial charge in [0.15, 0.2) is 11.6 Å². The lowest BCUT2D eigenvalue weighted by Gasteiger charge is -2.33. The first-order valence-corrected chi connectivity index (χ1v) is 7.45. The summed E-state index contributed by atoms with van der Waals surface area (Å²) < 4.78 is 13.5. The molecule has 3 heterocycles. The van der Waals surface area contributed by atoms with Gasteiger partial charge in [-0.2, -0.15) is 0 Å². The molecule has 0 atom stereocenters. The average Bonchev–Trinajstić information content (AvgIpc) is 2.55. The summed E-state index contributed by atoms with van der Waals surface area (Å²) in [6.45, 7) is 4.62. The highest BCUT2D eigenvalue weighted by atomic mass is 19.1. The number of hydrogen-bond donors (Lipinski definition) is 1. The van der Waals surface area contributed by atoms with Gasteiger partial charge in [0, 0.05) is 45.1 Å². The van der Waals surface area contributed by atoms with Gasteiger partial charge in [0.25, 0.3) is 0 Å². The Balaban J connectivity index is 1.59. The van der Waals surface area contributed by atoms with E-state index >= 15 is 0 Å². The lowest BCUT2D eigenvalue weighted by molar-refractivity contribution is 0.312. The Bertz CT molecular complexity index is 608. The number of pyridine rings is 2. The van der Waals surface area contributed by atoms with Gasteiger partial charge in [-0.15, -0.1) is 0 Å². The minimum Gasteiger partial charge on any atom is -0.364 e. The zero-order chi connectivity index (χ0) is 15.4. The topological polar surface area (TPSA) is 44.3 Å². The molecule has 3 rings (SSSR count). The smallest absolute Gasteiger partial charge is 0.165 e. The number of likely N-dealkylation sites (N-methyl/N-ethyl adjacent to an activating group) is 1. The number of halogens is 1. The van der Waals surface area contributed by atoms with E-state index in [4.69, 9.17) is 0 Å². The molecule has 116 valence electrons. The molecule has 1 saturated heterocycles. The van der Waals surface area contributed by atoms with Crippen molar-refractivity contribution in [1.82, 2.24) is 14.9 Å². The third kappa shape index (κ3) is 3.51. The van der Waals surface area contributed by atoms with Gasteiger partial charge in [-0.3, -0.25) is 0 Å². The van der Waals surface area contributed by atoms with E-state index in [9.17, 15) is 4.39 Å². The van der Waals surface area contributed by atoms with Crippen molar-refractivity contribution in [2.24, 2.45) is 0 Å². The van der Waals surface area contributed by atoms with Gasteiger partial charge in [0.05, 0.1) is 0 Å². The molecule has 1 fully saturated rings. The first-order valence-electron chi connectivity index (χ1n) is 7.45. The van der Waals surface area contributed by atoms with E-state index in [2.05, 4.69) is 32.1 Å². The Hall–Kier alpha value is -2.21. The van der Waals surface area contributed by atoms with E-state index in [-0.39, 0.29) is 11.6 Å². The van der Waals surface area contributed by atoms with E-state index in [1.165, 1.54) is 6.07 Å². The van der Waals surface area contributed by atoms with Gasteiger partial charge in [-0.25, -0.2) is 14.4 Å². The zero-order valence-corrected chi connectivity index (χ0v) is 12.7. The minimum absolute atomic E-state index is 0.269. The molecule has 2 aromatic rings. The molecule has 0 amide bonds. The van der Waals surface area contributed by atoms with Gasteiger partial charge in [-0.05, 0) is 30.8 Å². The number of nitrogens with one attached hydrogen (secondary N) is 1. The maximum Gasteiger partial charge on any atom is 0.165 e. The van der Waals surface area contributed by atoms with Crippen LogP contribution in [0.4, 0.5) is 16.0 Å². The summed E-state index contributed by atoms with van der Waals surface area (Å²) in [5.74, 6) is 0.927. The lowest BCUT2D eigenvalue weighted by atomic mass is 10.2. The molecule has 1 aliphatic rings. The number of rotatable bonds is 4. The monoisotopic (exact) mass is 301 g/mol. The Morgan fingerprint density at radius 2 is 1.95 bits per heavy atom. The fraction of sp³-hybridized carbons (Fsp3) is 0.375. The molecule has 0 aliphatic carbocycles. The standard InChI is InChI=1S/C16H20FN5/c1-21-7-9-22(10-8-21)15-5-4-13(11-19-15)12-20-16-14(17)3-2-6-18-16/h2-6,11H,7-10,12H2,1H3,(H,18,20). The van der Waals surface area contributed by atoms with Crippen LogP contribution in [-0.2, 0) is 6.54 Å². The number of nitrogens with zero attached hydrogens (tertiary/aromatic N) is 4. The second kappa shape index (κ2) is 6.70. The number of piperazine rings is 1. The normalized spacial score (nSPS) is 15.8. The molecule has 2 aromatic heterocycles. The van der Waals surface area contributed by atoms with Gasteiger partial charge in [-0.1, -0.05) is 6.07 Å². The van der Waals surface area contributed by atoms with E-state index in [0.29, 0.717) is 6.54 Å². The van der Waals surface area contributed by atoms with Gasteiger partial charge in [0.2, 0.25) is 0 Å². The Morgan fingerprint density at radius 1 is 1.14 bits per heavy atom. The van der Waals surface area contributed by atoms with Crippen molar-refractivity contribution in [3.8, 4) is 0 Å². The first kappa shape index (κ1) is 14.7. The molecular weight excluding hydrogens is 281 g/mol. The number of hydrogen-bond acceptors (Lipinski definition) is 5. The molecule has 0 unspecified atom stereocenters. The Kier molecular flexibility index (Phi) is 4.48. The van der Waals surface area contributed by atoms with Crippen LogP contribution in [0.2, 0.25) is 0 Å². The maximum absolute atomic E-state index is 13.5. The summed E-state index contributed by atoms with van der Waals surface area (Å²) in [4.78, 5) is 13.1. The number of aromatic nitrogens is 2. The van der Waals surface area contributed by atoms with Gasteiger partial charge in [0.1, 0.15) is 5.82 Å². The summed E-state index contributed by atoms with van der Waals surface area (Å²) in [5, 5.41) is 2.99. The van der Waals surface area contributed by atoms with Crippen molar-refractivity contribution in [2.45, 2.75) is 6.54 Å². The molecule has 0 radical (unpaired) electrons. The minimum atomic E-state index is -0.343. The fourth-order valence-corrected chi connectivity index (χ4v) is 2.45. The molecule has 5 nitrogen and oxygen atoms in total. The van der Waals surface area contributed by atoms with Crippen molar-refractivity contribution in [3.05, 3.63) is 48.0 Å². The molecule has 0 bridgehead atoms. The fourth-order valence-electron chi connectivity index (χ4n) is 2.45. The second-order valence-corrected chi connectivity index (χ2v) is 5.50. The first-order chi connectivity index (χ1) is 10.7. The zero-order valence-electron chi connectivity index (χ0n) is 12.7. The van der Waals surface area contributed by atoms with Crippen LogP contribution in [0.1, 0.15) is 5.56 Å². The molecule has 1 N–H and O–H groups in total. The van der Waals surface area contributed by atoms with E-state index in [1.54, 1.807) is 12.3 Å². The maximum atomic E-state index is 13.5. The molecule has 0 saturated carbocycles. The average molecular weight is 301 g/mol. The molecule has 22 heavy (non-hydrogen) atoms. The summed E-state index contributed by atoms with van der Waals surface area (Å²) >= 11 is 0. The van der Waals surface area contributed by atoms with Crippen LogP contribution in [0.5, 0.6) is 0 Å². The van der Waals surface area contributed by atoms with Crippen LogP contribution in [0.25, 0.3) is 0 Å². The van der Waals surface area contributed by atoms with Crippen molar-refractivity contribution in [1.29, 1.82) is 0 Å².